The minimum Gasteiger partial charge on any atom is -0.484 e. The second kappa shape index (κ2) is 7.41. The van der Waals surface area contributed by atoms with Crippen LogP contribution in [0, 0.1) is 0 Å². The molecule has 25 heavy (non-hydrogen) atoms. The molecule has 2 heterocycles. The van der Waals surface area contributed by atoms with Crippen molar-refractivity contribution in [2.75, 3.05) is 0 Å². The molecule has 3 rings (SSSR count). The van der Waals surface area contributed by atoms with E-state index >= 15 is 0 Å². The minimum absolute atomic E-state index is 0.122. The molecule has 6 nitrogen and oxygen atoms in total. The van der Waals surface area contributed by atoms with E-state index in [0.29, 0.717) is 21.9 Å². The number of ether oxygens (including phenoxy) is 1. The van der Waals surface area contributed by atoms with Gasteiger partial charge in [-0.2, -0.15) is 0 Å². The summed E-state index contributed by atoms with van der Waals surface area (Å²) in [4.78, 5) is 8.84. The lowest BCUT2D eigenvalue weighted by Gasteiger charge is -2.16. The minimum atomic E-state index is -0.122. The van der Waals surface area contributed by atoms with Crippen molar-refractivity contribution in [3.63, 3.8) is 0 Å². The van der Waals surface area contributed by atoms with Gasteiger partial charge in [-0.15, -0.1) is 10.2 Å². The molecule has 0 aliphatic carbocycles. The van der Waals surface area contributed by atoms with E-state index in [9.17, 15) is 0 Å². The van der Waals surface area contributed by atoms with E-state index in [0.717, 1.165) is 10.9 Å². The van der Waals surface area contributed by atoms with E-state index in [4.69, 9.17) is 20.8 Å². The molecule has 0 aliphatic heterocycles. The zero-order valence-electron chi connectivity index (χ0n) is 14.1. The van der Waals surface area contributed by atoms with E-state index in [-0.39, 0.29) is 12.0 Å². The molecule has 0 saturated heterocycles. The van der Waals surface area contributed by atoms with Crippen LogP contribution in [-0.2, 0) is 12.0 Å². The first-order valence-electron chi connectivity index (χ1n) is 7.62. The van der Waals surface area contributed by atoms with Crippen LogP contribution in [0.25, 0.3) is 0 Å². The zero-order chi connectivity index (χ0) is 17.9. The third-order valence-electron chi connectivity index (χ3n) is 3.12. The molecular formula is C17H17ClN4O2S. The van der Waals surface area contributed by atoms with Gasteiger partial charge in [-0.1, -0.05) is 32.4 Å². The summed E-state index contributed by atoms with van der Waals surface area (Å²) in [6, 6.07) is 8.89. The van der Waals surface area contributed by atoms with Crippen molar-refractivity contribution >= 4 is 23.4 Å². The van der Waals surface area contributed by atoms with Crippen LogP contribution in [0.3, 0.4) is 0 Å². The summed E-state index contributed by atoms with van der Waals surface area (Å²) < 4.78 is 11.2. The van der Waals surface area contributed by atoms with Gasteiger partial charge in [0.15, 0.2) is 6.61 Å². The van der Waals surface area contributed by atoms with E-state index in [1.165, 1.54) is 11.8 Å². The molecule has 8 heteroatoms. The van der Waals surface area contributed by atoms with Gasteiger partial charge < -0.3 is 9.15 Å². The second-order valence-electron chi connectivity index (χ2n) is 6.27. The van der Waals surface area contributed by atoms with E-state index in [1.807, 2.05) is 6.07 Å². The molecular weight excluding hydrogens is 360 g/mol. The van der Waals surface area contributed by atoms with E-state index in [2.05, 4.69) is 40.9 Å². The van der Waals surface area contributed by atoms with Crippen LogP contribution in [0.4, 0.5) is 0 Å². The first kappa shape index (κ1) is 17.7. The van der Waals surface area contributed by atoms with E-state index in [1.54, 1.807) is 30.5 Å². The Balaban J connectivity index is 1.63. The number of hydrogen-bond donors (Lipinski definition) is 0. The molecule has 0 saturated carbocycles. The zero-order valence-corrected chi connectivity index (χ0v) is 15.6. The molecule has 0 spiro atoms. The molecule has 0 radical (unpaired) electrons. The van der Waals surface area contributed by atoms with Crippen LogP contribution in [0.5, 0.6) is 5.75 Å². The Morgan fingerprint density at radius 3 is 2.60 bits per heavy atom. The van der Waals surface area contributed by atoms with Gasteiger partial charge in [-0.05, 0) is 42.1 Å². The normalized spacial score (nSPS) is 11.5. The highest BCUT2D eigenvalue weighted by atomic mass is 35.5. The Kier molecular flexibility index (Phi) is 5.24. The molecule has 0 aliphatic rings. The predicted octanol–water partition coefficient (Wildman–Crippen LogP) is 4.54. The van der Waals surface area contributed by atoms with Crippen molar-refractivity contribution in [1.82, 2.24) is 20.2 Å². The smallest absolute Gasteiger partial charge is 0.283 e. The van der Waals surface area contributed by atoms with Crippen molar-refractivity contribution in [3.8, 4) is 5.75 Å². The molecule has 2 aromatic heterocycles. The Bertz CT molecular complexity index is 846. The van der Waals surface area contributed by atoms with Gasteiger partial charge in [0, 0.05) is 16.6 Å². The topological polar surface area (TPSA) is 73.9 Å². The maximum Gasteiger partial charge on any atom is 0.283 e. The maximum atomic E-state index is 5.84. The number of benzene rings is 1. The van der Waals surface area contributed by atoms with Crippen LogP contribution >= 0.6 is 23.4 Å². The average Bonchev–Trinajstić information content (AvgIpc) is 3.01. The fourth-order valence-corrected chi connectivity index (χ4v) is 2.65. The van der Waals surface area contributed by atoms with E-state index < -0.39 is 0 Å². The highest BCUT2D eigenvalue weighted by Gasteiger charge is 2.18. The first-order valence-corrected chi connectivity index (χ1v) is 8.82. The molecule has 130 valence electrons. The Morgan fingerprint density at radius 1 is 1.12 bits per heavy atom. The molecule has 0 bridgehead atoms. The number of aromatic nitrogens is 4. The summed E-state index contributed by atoms with van der Waals surface area (Å²) in [5.74, 6) is 1.84. The van der Waals surface area contributed by atoms with Crippen molar-refractivity contribution in [2.45, 2.75) is 43.0 Å². The predicted molar refractivity (Wildman–Crippen MR) is 94.9 cm³/mol. The highest BCUT2D eigenvalue weighted by Crippen LogP contribution is 2.27. The van der Waals surface area contributed by atoms with Gasteiger partial charge in [-0.3, -0.25) is 0 Å². The fraction of sp³-hybridized carbons (Fsp3) is 0.294. The van der Waals surface area contributed by atoms with Crippen molar-refractivity contribution in [2.24, 2.45) is 0 Å². The van der Waals surface area contributed by atoms with Gasteiger partial charge in [0.05, 0.1) is 0 Å². The van der Waals surface area contributed by atoms with Crippen molar-refractivity contribution in [1.29, 1.82) is 0 Å². The molecule has 1 aromatic carbocycles. The number of halogens is 1. The largest absolute Gasteiger partial charge is 0.484 e. The summed E-state index contributed by atoms with van der Waals surface area (Å²) >= 11 is 7.14. The summed E-state index contributed by atoms with van der Waals surface area (Å²) in [6.07, 6.45) is 1.73. The summed E-state index contributed by atoms with van der Waals surface area (Å²) in [5, 5.41) is 9.82. The van der Waals surface area contributed by atoms with Crippen LogP contribution in [-0.4, -0.2) is 20.2 Å². The monoisotopic (exact) mass is 376 g/mol. The number of hydrogen-bond acceptors (Lipinski definition) is 7. The first-order chi connectivity index (χ1) is 11.9. The van der Waals surface area contributed by atoms with Crippen molar-refractivity contribution < 1.29 is 9.15 Å². The number of nitrogens with zero attached hydrogens (tertiary/aromatic N) is 4. The Labute approximate surface area is 155 Å². The third-order valence-corrected chi connectivity index (χ3v) is 4.15. The molecule has 0 fully saturated rings. The lowest BCUT2D eigenvalue weighted by molar-refractivity contribution is 0.252. The van der Waals surface area contributed by atoms with Gasteiger partial charge in [-0.25, -0.2) is 9.97 Å². The lowest BCUT2D eigenvalue weighted by Crippen LogP contribution is -2.15. The van der Waals surface area contributed by atoms with Crippen LogP contribution in [0.1, 0.15) is 32.5 Å². The molecule has 3 aromatic rings. The maximum absolute atomic E-state index is 5.84. The van der Waals surface area contributed by atoms with Crippen LogP contribution < -0.4 is 4.74 Å². The van der Waals surface area contributed by atoms with Gasteiger partial charge in [0.25, 0.3) is 11.1 Å². The van der Waals surface area contributed by atoms with Crippen molar-refractivity contribution in [3.05, 3.63) is 53.3 Å². The van der Waals surface area contributed by atoms with Gasteiger partial charge in [0.1, 0.15) is 16.6 Å². The Hall–Kier alpha value is -2.12. The fourth-order valence-electron chi connectivity index (χ4n) is 1.86. The average molecular weight is 377 g/mol. The molecule has 0 amide bonds. The summed E-state index contributed by atoms with van der Waals surface area (Å²) in [6.45, 7) is 6.38. The third kappa shape index (κ3) is 4.93. The molecule has 0 unspecified atom stereocenters. The Morgan fingerprint density at radius 2 is 1.88 bits per heavy atom. The molecule has 0 atom stereocenters. The van der Waals surface area contributed by atoms with Crippen LogP contribution in [0.2, 0.25) is 5.02 Å². The second-order valence-corrected chi connectivity index (χ2v) is 7.68. The van der Waals surface area contributed by atoms with Crippen LogP contribution in [0.15, 0.2) is 51.2 Å². The number of rotatable bonds is 5. The van der Waals surface area contributed by atoms with Gasteiger partial charge >= 0.3 is 0 Å². The lowest BCUT2D eigenvalue weighted by atomic mass is 9.96. The molecule has 0 N–H and O–H groups in total. The standard InChI is InChI=1S/C17H17ClN4O2S/c1-17(2,3)15-19-9-8-14(20-15)25-16-22-21-13(24-16)10-23-12-6-4-11(18)5-7-12/h4-9H,10H2,1-3H3. The quantitative estimate of drug-likeness (QED) is 0.605. The van der Waals surface area contributed by atoms with Gasteiger partial charge in [0.2, 0.25) is 0 Å². The highest BCUT2D eigenvalue weighted by molar-refractivity contribution is 7.99. The summed E-state index contributed by atoms with van der Waals surface area (Å²) in [5.41, 5.74) is -0.122. The summed E-state index contributed by atoms with van der Waals surface area (Å²) in [7, 11) is 0. The SMILES string of the molecule is CC(C)(C)c1nccc(Sc2nnc(COc3ccc(Cl)cc3)o2)n1.